The molecule has 3 aromatic carbocycles. The number of carbonyl (C=O) groups excluding carboxylic acids is 2. The van der Waals surface area contributed by atoms with Crippen molar-refractivity contribution in [3.05, 3.63) is 69.1 Å². The number of fused-ring (bicyclic) bond motifs is 1. The van der Waals surface area contributed by atoms with E-state index in [4.69, 9.17) is 16.3 Å². The molecule has 2 heterocycles. The number of rotatable bonds is 2. The number of aromatic nitrogens is 2. The average molecular weight is 422 g/mol. The third kappa shape index (κ3) is 2.23. The summed E-state index contributed by atoms with van der Waals surface area (Å²) in [5, 5.41) is 1.67. The summed E-state index contributed by atoms with van der Waals surface area (Å²) in [6.07, 6.45) is 0. The summed E-state index contributed by atoms with van der Waals surface area (Å²) in [6.45, 7) is 0. The van der Waals surface area contributed by atoms with Crippen molar-refractivity contribution in [2.75, 3.05) is 12.0 Å². The molecule has 7 nitrogen and oxygen atoms in total. The van der Waals surface area contributed by atoms with E-state index in [1.54, 1.807) is 56.6 Å². The first-order chi connectivity index (χ1) is 14.3. The zero-order chi connectivity index (χ0) is 21.3. The molecule has 1 aliphatic rings. The molecule has 0 atom stereocenters. The number of amides is 2. The van der Waals surface area contributed by atoms with Gasteiger partial charge < -0.3 is 4.74 Å². The molecule has 4 aromatic rings. The summed E-state index contributed by atoms with van der Waals surface area (Å²) in [6, 6.07) is 11.8. The summed E-state index contributed by atoms with van der Waals surface area (Å²) >= 11 is 6.29. The van der Waals surface area contributed by atoms with Crippen LogP contribution in [0.2, 0.25) is 5.02 Å². The topological polar surface area (TPSA) is 73.5 Å². The van der Waals surface area contributed by atoms with E-state index < -0.39 is 11.8 Å². The van der Waals surface area contributed by atoms with Crippen LogP contribution >= 0.6 is 11.6 Å². The van der Waals surface area contributed by atoms with Crippen molar-refractivity contribution in [3.8, 4) is 5.75 Å². The number of nitrogens with zero attached hydrogens (tertiary/aromatic N) is 3. The number of benzene rings is 3. The van der Waals surface area contributed by atoms with Crippen molar-refractivity contribution in [2.24, 2.45) is 14.1 Å². The molecule has 0 N–H and O–H groups in total. The second-order valence-electron chi connectivity index (χ2n) is 7.18. The molecule has 0 fully saturated rings. The van der Waals surface area contributed by atoms with Crippen molar-refractivity contribution in [3.63, 3.8) is 0 Å². The lowest BCUT2D eigenvalue weighted by molar-refractivity contribution is 0.0892. The van der Waals surface area contributed by atoms with Gasteiger partial charge in [0.05, 0.1) is 23.8 Å². The van der Waals surface area contributed by atoms with Gasteiger partial charge in [-0.25, -0.2) is 9.69 Å². The molecule has 1 aromatic heterocycles. The van der Waals surface area contributed by atoms with E-state index in [2.05, 4.69) is 0 Å². The molecular formula is C22H16ClN3O4. The van der Waals surface area contributed by atoms with Crippen LogP contribution in [0.25, 0.3) is 21.8 Å². The Hall–Kier alpha value is -3.58. The highest BCUT2D eigenvalue weighted by atomic mass is 35.5. The van der Waals surface area contributed by atoms with E-state index in [1.807, 2.05) is 0 Å². The molecule has 0 bridgehead atoms. The van der Waals surface area contributed by atoms with E-state index >= 15 is 0 Å². The van der Waals surface area contributed by atoms with Gasteiger partial charge in [-0.1, -0.05) is 23.7 Å². The molecule has 30 heavy (non-hydrogen) atoms. The van der Waals surface area contributed by atoms with E-state index in [0.717, 1.165) is 4.90 Å². The summed E-state index contributed by atoms with van der Waals surface area (Å²) in [5.74, 6) is -0.632. The lowest BCUT2D eigenvalue weighted by Gasteiger charge is -2.28. The van der Waals surface area contributed by atoms with Crippen molar-refractivity contribution in [1.82, 2.24) is 9.13 Å². The number of anilines is 1. The predicted octanol–water partition coefficient (Wildman–Crippen LogP) is 3.49. The monoisotopic (exact) mass is 421 g/mol. The number of hydrogen-bond donors (Lipinski definition) is 0. The molecule has 150 valence electrons. The van der Waals surface area contributed by atoms with Crippen molar-refractivity contribution < 1.29 is 14.3 Å². The van der Waals surface area contributed by atoms with Gasteiger partial charge in [-0.15, -0.1) is 0 Å². The molecular weight excluding hydrogens is 406 g/mol. The Labute approximate surface area is 175 Å². The standard InChI is InChI=1S/C22H16ClN3O4/c1-24-15-9-17(18(30-3)10-16(15)25(2)22(24)29)26-20(27)12-6-4-5-11-14(23)8-7-13(19(11)12)21(26)28/h4-10H,1-3H3. The highest BCUT2D eigenvalue weighted by molar-refractivity contribution is 6.41. The molecule has 0 aliphatic carbocycles. The largest absolute Gasteiger partial charge is 0.494 e. The maximum Gasteiger partial charge on any atom is 0.328 e. The van der Waals surface area contributed by atoms with Gasteiger partial charge in [-0.05, 0) is 24.3 Å². The Morgan fingerprint density at radius 1 is 0.867 bits per heavy atom. The van der Waals surface area contributed by atoms with Gasteiger partial charge in [0.15, 0.2) is 0 Å². The van der Waals surface area contributed by atoms with Crippen molar-refractivity contribution in [1.29, 1.82) is 0 Å². The fourth-order valence-electron chi connectivity index (χ4n) is 4.13. The molecule has 2 amide bonds. The minimum atomic E-state index is -0.473. The van der Waals surface area contributed by atoms with Gasteiger partial charge in [0.2, 0.25) is 0 Å². The maximum absolute atomic E-state index is 13.4. The van der Waals surface area contributed by atoms with E-state index in [1.165, 1.54) is 16.2 Å². The van der Waals surface area contributed by atoms with Crippen LogP contribution in [0, 0.1) is 0 Å². The fraction of sp³-hybridized carbons (Fsp3) is 0.136. The molecule has 0 radical (unpaired) electrons. The number of ether oxygens (including phenoxy) is 1. The second-order valence-corrected chi connectivity index (χ2v) is 7.59. The smallest absolute Gasteiger partial charge is 0.328 e. The minimum Gasteiger partial charge on any atom is -0.494 e. The molecule has 8 heteroatoms. The van der Waals surface area contributed by atoms with E-state index in [-0.39, 0.29) is 11.4 Å². The van der Waals surface area contributed by atoms with Crippen LogP contribution in [0.4, 0.5) is 5.69 Å². The van der Waals surface area contributed by atoms with Gasteiger partial charge in [-0.2, -0.15) is 0 Å². The van der Waals surface area contributed by atoms with Gasteiger partial charge in [0.1, 0.15) is 5.75 Å². The first kappa shape index (κ1) is 18.4. The SMILES string of the molecule is COc1cc2c(cc1N1C(=O)c3cccc4c(Cl)ccc(c34)C1=O)n(C)c(=O)n2C. The Morgan fingerprint density at radius 2 is 1.50 bits per heavy atom. The highest BCUT2D eigenvalue weighted by Gasteiger charge is 2.36. The van der Waals surface area contributed by atoms with Gasteiger partial charge in [0, 0.05) is 47.1 Å². The van der Waals surface area contributed by atoms with Crippen LogP contribution in [0.3, 0.4) is 0 Å². The van der Waals surface area contributed by atoms with Crippen LogP contribution < -0.4 is 15.3 Å². The molecule has 5 rings (SSSR count). The quantitative estimate of drug-likeness (QED) is 0.464. The van der Waals surface area contributed by atoms with Crippen LogP contribution in [0.15, 0.2) is 47.3 Å². The lowest BCUT2D eigenvalue weighted by atomic mass is 9.93. The number of carbonyl (C=O) groups is 2. The fourth-order valence-corrected chi connectivity index (χ4v) is 4.35. The Morgan fingerprint density at radius 3 is 2.17 bits per heavy atom. The first-order valence-electron chi connectivity index (χ1n) is 9.18. The molecule has 0 saturated heterocycles. The van der Waals surface area contributed by atoms with Gasteiger partial charge in [0.25, 0.3) is 11.8 Å². The summed E-state index contributed by atoms with van der Waals surface area (Å²) < 4.78 is 8.45. The maximum atomic E-state index is 13.4. The third-order valence-corrected chi connectivity index (χ3v) is 6.00. The van der Waals surface area contributed by atoms with Gasteiger partial charge >= 0.3 is 5.69 Å². The number of aryl methyl sites for hydroxylation is 2. The molecule has 1 aliphatic heterocycles. The van der Waals surface area contributed by atoms with E-state index in [0.29, 0.717) is 43.7 Å². The average Bonchev–Trinajstić information content (AvgIpc) is 2.96. The number of imidazole rings is 1. The predicted molar refractivity (Wildman–Crippen MR) is 115 cm³/mol. The van der Waals surface area contributed by atoms with Crippen molar-refractivity contribution >= 4 is 50.9 Å². The Bertz CT molecular complexity index is 1460. The normalized spacial score (nSPS) is 13.5. The number of methoxy groups -OCH3 is 1. The Kier molecular flexibility index (Phi) is 3.82. The number of imide groups is 1. The number of halogens is 1. The van der Waals surface area contributed by atoms with Crippen LogP contribution in [-0.4, -0.2) is 28.1 Å². The lowest BCUT2D eigenvalue weighted by Crippen LogP contribution is -2.40. The van der Waals surface area contributed by atoms with Gasteiger partial charge in [-0.3, -0.25) is 18.7 Å². The first-order valence-corrected chi connectivity index (χ1v) is 9.56. The van der Waals surface area contributed by atoms with E-state index in [9.17, 15) is 14.4 Å². The zero-order valence-corrected chi connectivity index (χ0v) is 17.1. The molecule has 0 unspecified atom stereocenters. The number of hydrogen-bond acceptors (Lipinski definition) is 4. The summed E-state index contributed by atoms with van der Waals surface area (Å²) in [7, 11) is 4.75. The van der Waals surface area contributed by atoms with Crippen LogP contribution in [-0.2, 0) is 14.1 Å². The Balaban J connectivity index is 1.81. The third-order valence-electron chi connectivity index (χ3n) is 5.67. The second kappa shape index (κ2) is 6.21. The molecule has 0 saturated carbocycles. The summed E-state index contributed by atoms with van der Waals surface area (Å²) in [5.41, 5.74) is 2.04. The highest BCUT2D eigenvalue weighted by Crippen LogP contribution is 2.40. The zero-order valence-electron chi connectivity index (χ0n) is 16.4. The van der Waals surface area contributed by atoms with Crippen molar-refractivity contribution in [2.45, 2.75) is 0 Å². The molecule has 0 spiro atoms. The van der Waals surface area contributed by atoms with Crippen LogP contribution in [0.5, 0.6) is 5.75 Å². The summed E-state index contributed by atoms with van der Waals surface area (Å²) in [4.78, 5) is 40.3. The minimum absolute atomic E-state index is 0.217. The van der Waals surface area contributed by atoms with Crippen LogP contribution in [0.1, 0.15) is 20.7 Å².